The van der Waals surface area contributed by atoms with E-state index in [4.69, 9.17) is 9.47 Å². The zero-order valence-corrected chi connectivity index (χ0v) is 16.1. The molecule has 1 fully saturated rings. The summed E-state index contributed by atoms with van der Waals surface area (Å²) in [6.07, 6.45) is 2.94. The number of H-pyrrole nitrogens is 1. The van der Waals surface area contributed by atoms with E-state index < -0.39 is 0 Å². The number of likely N-dealkylation sites (tertiary alicyclic amines) is 1. The van der Waals surface area contributed by atoms with Crippen molar-refractivity contribution in [2.75, 3.05) is 33.9 Å². The molecule has 7 heteroatoms. The van der Waals surface area contributed by atoms with Crippen LogP contribution in [0.1, 0.15) is 18.9 Å². The maximum atomic E-state index is 12.5. The molecule has 1 aromatic heterocycles. The van der Waals surface area contributed by atoms with E-state index in [-0.39, 0.29) is 30.2 Å². The second kappa shape index (κ2) is 8.43. The fourth-order valence-corrected chi connectivity index (χ4v) is 3.62. The molecule has 1 aliphatic heterocycles. The van der Waals surface area contributed by atoms with Gasteiger partial charge in [-0.05, 0) is 37.1 Å². The van der Waals surface area contributed by atoms with Gasteiger partial charge in [0.2, 0.25) is 11.8 Å². The molecule has 2 atom stereocenters. The topological polar surface area (TPSA) is 83.7 Å². The van der Waals surface area contributed by atoms with Gasteiger partial charge in [0.15, 0.2) is 0 Å². The molecule has 0 spiro atoms. The van der Waals surface area contributed by atoms with Gasteiger partial charge in [-0.3, -0.25) is 9.59 Å². The molecule has 1 saturated heterocycles. The van der Waals surface area contributed by atoms with Crippen LogP contribution in [0.15, 0.2) is 24.4 Å². The molecule has 0 saturated carbocycles. The molecule has 27 heavy (non-hydrogen) atoms. The van der Waals surface area contributed by atoms with Crippen LogP contribution in [0.4, 0.5) is 0 Å². The highest BCUT2D eigenvalue weighted by Gasteiger charge is 2.36. The summed E-state index contributed by atoms with van der Waals surface area (Å²) in [7, 11) is 3.26. The number of hydrogen-bond acceptors (Lipinski definition) is 4. The zero-order valence-electron chi connectivity index (χ0n) is 16.1. The van der Waals surface area contributed by atoms with Crippen LogP contribution in [0.25, 0.3) is 10.9 Å². The van der Waals surface area contributed by atoms with Gasteiger partial charge in [0, 0.05) is 43.7 Å². The maximum Gasteiger partial charge on any atom is 0.225 e. The van der Waals surface area contributed by atoms with E-state index in [9.17, 15) is 9.59 Å². The Hall–Kier alpha value is -2.54. The second-order valence-electron chi connectivity index (χ2n) is 7.02. The summed E-state index contributed by atoms with van der Waals surface area (Å²) in [4.78, 5) is 29.6. The highest BCUT2D eigenvalue weighted by atomic mass is 16.5. The first kappa shape index (κ1) is 19.2. The normalized spacial score (nSPS) is 18.1. The number of hydrogen-bond donors (Lipinski definition) is 2. The molecule has 7 nitrogen and oxygen atoms in total. The predicted molar refractivity (Wildman–Crippen MR) is 103 cm³/mol. The van der Waals surface area contributed by atoms with Crippen molar-refractivity contribution in [3.8, 4) is 5.75 Å². The lowest BCUT2D eigenvalue weighted by molar-refractivity contribution is -0.130. The molecule has 0 bridgehead atoms. The molecule has 2 heterocycles. The average Bonchev–Trinajstić information content (AvgIpc) is 3.25. The maximum absolute atomic E-state index is 12.5. The quantitative estimate of drug-likeness (QED) is 0.738. The number of carbonyl (C=O) groups is 2. The second-order valence-corrected chi connectivity index (χ2v) is 7.02. The molecule has 0 unspecified atom stereocenters. The van der Waals surface area contributed by atoms with Crippen LogP contribution in [0, 0.1) is 5.92 Å². The minimum absolute atomic E-state index is 0.0125. The molecule has 2 N–H and O–H groups in total. The summed E-state index contributed by atoms with van der Waals surface area (Å²) >= 11 is 0. The van der Waals surface area contributed by atoms with Crippen molar-refractivity contribution >= 4 is 22.7 Å². The number of benzene rings is 1. The van der Waals surface area contributed by atoms with Gasteiger partial charge in [-0.25, -0.2) is 0 Å². The first-order valence-electron chi connectivity index (χ1n) is 9.23. The third kappa shape index (κ3) is 4.24. The first-order valence-corrected chi connectivity index (χ1v) is 9.23. The average molecular weight is 373 g/mol. The number of nitrogens with one attached hydrogen (secondary N) is 2. The molecule has 0 radical (unpaired) electrons. The number of fused-ring (bicyclic) bond motifs is 1. The van der Waals surface area contributed by atoms with Gasteiger partial charge < -0.3 is 24.7 Å². The van der Waals surface area contributed by atoms with Gasteiger partial charge >= 0.3 is 0 Å². The molecule has 2 amide bonds. The summed E-state index contributed by atoms with van der Waals surface area (Å²) in [6, 6.07) is 5.88. The number of rotatable bonds is 8. The standard InChI is InChI=1S/C20H27N3O4/c1-13(12-26-2)23-11-15(8-19(23)24)20(25)21-7-6-14-10-22-18-5-4-16(27-3)9-17(14)18/h4-5,9-10,13,15,22H,6-8,11-12H2,1-3H3,(H,21,25)/t13-,15-/m0/s1. The van der Waals surface area contributed by atoms with E-state index in [1.165, 1.54) is 0 Å². The Bertz CT molecular complexity index is 817. The van der Waals surface area contributed by atoms with Crippen molar-refractivity contribution in [3.05, 3.63) is 30.0 Å². The predicted octanol–water partition coefficient (Wildman–Crippen LogP) is 1.72. The van der Waals surface area contributed by atoms with Gasteiger partial charge in [0.25, 0.3) is 0 Å². The van der Waals surface area contributed by atoms with Crippen molar-refractivity contribution < 1.29 is 19.1 Å². The van der Waals surface area contributed by atoms with E-state index in [1.54, 1.807) is 19.1 Å². The number of aromatic amines is 1. The van der Waals surface area contributed by atoms with E-state index in [0.29, 0.717) is 26.1 Å². The van der Waals surface area contributed by atoms with Crippen LogP contribution < -0.4 is 10.1 Å². The first-order chi connectivity index (χ1) is 13.0. The van der Waals surface area contributed by atoms with Crippen LogP contribution in [-0.2, 0) is 20.7 Å². The van der Waals surface area contributed by atoms with Gasteiger partial charge in [0.05, 0.1) is 25.7 Å². The Labute approximate surface area is 159 Å². The summed E-state index contributed by atoms with van der Waals surface area (Å²) in [5.41, 5.74) is 2.17. The van der Waals surface area contributed by atoms with Crippen molar-refractivity contribution in [2.45, 2.75) is 25.8 Å². The lowest BCUT2D eigenvalue weighted by atomic mass is 10.1. The highest BCUT2D eigenvalue weighted by molar-refractivity contribution is 5.89. The largest absolute Gasteiger partial charge is 0.497 e. The Balaban J connectivity index is 1.54. The van der Waals surface area contributed by atoms with E-state index >= 15 is 0 Å². The van der Waals surface area contributed by atoms with Gasteiger partial charge in [-0.2, -0.15) is 0 Å². The van der Waals surface area contributed by atoms with Crippen LogP contribution in [0.3, 0.4) is 0 Å². The van der Waals surface area contributed by atoms with Crippen molar-refractivity contribution in [1.82, 2.24) is 15.2 Å². The molecule has 3 rings (SSSR count). The highest BCUT2D eigenvalue weighted by Crippen LogP contribution is 2.24. The molecule has 2 aromatic rings. The number of carbonyl (C=O) groups excluding carboxylic acids is 2. The van der Waals surface area contributed by atoms with Crippen molar-refractivity contribution in [1.29, 1.82) is 0 Å². The van der Waals surface area contributed by atoms with Crippen LogP contribution in [0.5, 0.6) is 5.75 Å². The molecular weight excluding hydrogens is 346 g/mol. The number of methoxy groups -OCH3 is 2. The Morgan fingerprint density at radius 2 is 2.22 bits per heavy atom. The van der Waals surface area contributed by atoms with E-state index in [2.05, 4.69) is 10.3 Å². The Kier molecular flexibility index (Phi) is 6.01. The lowest BCUT2D eigenvalue weighted by Gasteiger charge is -2.23. The SMILES string of the molecule is COC[C@H](C)N1C[C@@H](C(=O)NCCc2c[nH]c3ccc(OC)cc23)CC1=O. The summed E-state index contributed by atoms with van der Waals surface area (Å²) < 4.78 is 10.4. The minimum atomic E-state index is -0.292. The minimum Gasteiger partial charge on any atom is -0.497 e. The Morgan fingerprint density at radius 3 is 2.96 bits per heavy atom. The smallest absolute Gasteiger partial charge is 0.225 e. The number of amides is 2. The van der Waals surface area contributed by atoms with Gasteiger partial charge in [-0.15, -0.1) is 0 Å². The fraction of sp³-hybridized carbons (Fsp3) is 0.500. The fourth-order valence-electron chi connectivity index (χ4n) is 3.62. The van der Waals surface area contributed by atoms with Crippen LogP contribution in [0.2, 0.25) is 0 Å². The summed E-state index contributed by atoms with van der Waals surface area (Å²) in [6.45, 7) is 3.40. The van der Waals surface area contributed by atoms with Gasteiger partial charge in [0.1, 0.15) is 5.75 Å². The third-order valence-corrected chi connectivity index (χ3v) is 5.14. The lowest BCUT2D eigenvalue weighted by Crippen LogP contribution is -2.39. The van der Waals surface area contributed by atoms with Gasteiger partial charge in [-0.1, -0.05) is 0 Å². The number of aromatic nitrogens is 1. The summed E-state index contributed by atoms with van der Waals surface area (Å²) in [5.74, 6) is 0.471. The van der Waals surface area contributed by atoms with Crippen LogP contribution in [-0.4, -0.2) is 61.7 Å². The molecule has 1 aliphatic rings. The number of nitrogens with zero attached hydrogens (tertiary/aromatic N) is 1. The number of ether oxygens (including phenoxy) is 2. The van der Waals surface area contributed by atoms with E-state index in [1.807, 2.05) is 31.3 Å². The van der Waals surface area contributed by atoms with Crippen molar-refractivity contribution in [3.63, 3.8) is 0 Å². The van der Waals surface area contributed by atoms with Crippen LogP contribution >= 0.6 is 0 Å². The molecule has 146 valence electrons. The molecule has 0 aliphatic carbocycles. The Morgan fingerprint density at radius 1 is 1.41 bits per heavy atom. The molecular formula is C20H27N3O4. The van der Waals surface area contributed by atoms with Crippen molar-refractivity contribution in [2.24, 2.45) is 5.92 Å². The third-order valence-electron chi connectivity index (χ3n) is 5.14. The monoisotopic (exact) mass is 373 g/mol. The summed E-state index contributed by atoms with van der Waals surface area (Å²) in [5, 5.41) is 4.07. The molecule has 1 aromatic carbocycles. The van der Waals surface area contributed by atoms with E-state index in [0.717, 1.165) is 22.2 Å². The zero-order chi connectivity index (χ0) is 19.4.